The van der Waals surface area contributed by atoms with Crippen LogP contribution in [0.5, 0.6) is 0 Å². The van der Waals surface area contributed by atoms with Crippen LogP contribution in [-0.4, -0.2) is 26.5 Å². The number of rotatable bonds is 3. The number of anilines is 2. The summed E-state index contributed by atoms with van der Waals surface area (Å²) in [5.41, 5.74) is 5.63. The molecule has 0 saturated heterocycles. The van der Waals surface area contributed by atoms with Crippen molar-refractivity contribution in [3.8, 4) is 22.3 Å². The topological polar surface area (TPSA) is 90.0 Å². The lowest BCUT2D eigenvalue weighted by atomic mass is 9.91. The van der Waals surface area contributed by atoms with Gasteiger partial charge in [0.05, 0.1) is 29.6 Å². The molecule has 1 aliphatic rings. The van der Waals surface area contributed by atoms with E-state index in [4.69, 9.17) is 11.6 Å². The number of H-pyrrole nitrogens is 1. The molecule has 6 nitrogen and oxygen atoms in total. The third-order valence-corrected chi connectivity index (χ3v) is 6.07. The van der Waals surface area contributed by atoms with Gasteiger partial charge in [-0.1, -0.05) is 48.0 Å². The van der Waals surface area contributed by atoms with E-state index in [1.807, 2.05) is 62.5 Å². The molecule has 5 rings (SSSR count). The van der Waals surface area contributed by atoms with E-state index in [-0.39, 0.29) is 12.5 Å². The molecule has 2 aromatic heterocycles. The number of amides is 1. The predicted octanol–water partition coefficient (Wildman–Crippen LogP) is 5.19. The van der Waals surface area contributed by atoms with Gasteiger partial charge in [-0.2, -0.15) is 0 Å². The first kappa shape index (κ1) is 19.6. The van der Waals surface area contributed by atoms with Gasteiger partial charge in [-0.15, -0.1) is 0 Å². The lowest BCUT2D eigenvalue weighted by Crippen LogP contribution is -2.47. The smallest absolute Gasteiger partial charge is 0.249 e. The second-order valence-electron chi connectivity index (χ2n) is 8.15. The van der Waals surface area contributed by atoms with Gasteiger partial charge in [-0.05, 0) is 36.6 Å². The summed E-state index contributed by atoms with van der Waals surface area (Å²) in [6.45, 7) is 3.52. The minimum absolute atomic E-state index is 0.116. The summed E-state index contributed by atoms with van der Waals surface area (Å²) < 4.78 is 0. The number of aliphatic hydroxyl groups is 1. The number of carbonyl (C=O) groups is 1. The Morgan fingerprint density at radius 3 is 2.48 bits per heavy atom. The van der Waals surface area contributed by atoms with Crippen molar-refractivity contribution in [2.45, 2.75) is 26.0 Å². The lowest BCUT2D eigenvalue weighted by Gasteiger charge is -2.33. The Morgan fingerprint density at radius 1 is 1.03 bits per heavy atom. The third-order valence-electron chi connectivity index (χ3n) is 5.74. The van der Waals surface area contributed by atoms with Crippen LogP contribution in [0, 0.1) is 0 Å². The van der Waals surface area contributed by atoms with E-state index < -0.39 is 5.54 Å². The number of aromatic nitrogens is 2. The Hall–Kier alpha value is -3.35. The van der Waals surface area contributed by atoms with Gasteiger partial charge in [-0.25, -0.2) is 4.98 Å². The van der Waals surface area contributed by atoms with Crippen LogP contribution >= 0.6 is 11.6 Å². The highest BCUT2D eigenvalue weighted by Crippen LogP contribution is 2.43. The molecule has 0 bridgehead atoms. The number of halogens is 1. The number of aromatic amines is 1. The molecule has 0 radical (unpaired) electrons. The highest BCUT2D eigenvalue weighted by Gasteiger charge is 2.35. The molecule has 0 aliphatic carbocycles. The quantitative estimate of drug-likeness (QED) is 0.359. The predicted molar refractivity (Wildman–Crippen MR) is 124 cm³/mol. The van der Waals surface area contributed by atoms with Crippen molar-refractivity contribution < 1.29 is 9.90 Å². The van der Waals surface area contributed by atoms with Gasteiger partial charge >= 0.3 is 0 Å². The molecule has 1 amide bonds. The molecule has 156 valence electrons. The molecule has 31 heavy (non-hydrogen) atoms. The number of nitrogens with one attached hydrogen (secondary N) is 3. The fourth-order valence-electron chi connectivity index (χ4n) is 4.12. The Bertz CT molecular complexity index is 1340. The lowest BCUT2D eigenvalue weighted by molar-refractivity contribution is -0.119. The Labute approximate surface area is 184 Å². The van der Waals surface area contributed by atoms with Crippen LogP contribution in [-0.2, 0) is 11.4 Å². The average molecular weight is 433 g/mol. The van der Waals surface area contributed by atoms with Gasteiger partial charge in [0.25, 0.3) is 0 Å². The van der Waals surface area contributed by atoms with Crippen LogP contribution in [0.4, 0.5) is 11.4 Å². The highest BCUT2D eigenvalue weighted by molar-refractivity contribution is 6.33. The van der Waals surface area contributed by atoms with Crippen LogP contribution < -0.4 is 10.6 Å². The molecule has 0 saturated carbocycles. The highest BCUT2D eigenvalue weighted by atomic mass is 35.5. The first-order valence-corrected chi connectivity index (χ1v) is 10.4. The first-order valence-electron chi connectivity index (χ1n) is 9.98. The molecule has 0 fully saturated rings. The number of pyridine rings is 1. The molecule has 0 unspecified atom stereocenters. The molecular formula is C24H21ClN4O2. The van der Waals surface area contributed by atoms with Crippen molar-refractivity contribution in [3.05, 3.63) is 65.4 Å². The van der Waals surface area contributed by atoms with Crippen molar-refractivity contribution in [2.75, 3.05) is 10.6 Å². The van der Waals surface area contributed by atoms with Gasteiger partial charge in [0.1, 0.15) is 11.2 Å². The maximum Gasteiger partial charge on any atom is 0.249 e. The van der Waals surface area contributed by atoms with E-state index in [0.717, 1.165) is 38.9 Å². The van der Waals surface area contributed by atoms with E-state index in [9.17, 15) is 9.90 Å². The molecular weight excluding hydrogens is 412 g/mol. The SMILES string of the molecule is CC1(C)Nc2c(cnc3[nH]cc(-c4cccc(-c5ccccc5Cl)c4CO)c23)NC1=O. The Kier molecular flexibility index (Phi) is 4.50. The van der Waals surface area contributed by atoms with E-state index in [0.29, 0.717) is 16.4 Å². The zero-order valence-corrected chi connectivity index (χ0v) is 17.8. The standard InChI is InChI=1S/C24H21ClN4O2/c1-24(2)23(31)28-19-11-27-22-20(21(19)29-24)16(10-26-22)14-8-5-7-13(17(14)12-30)15-6-3-4-9-18(15)25/h3-11,29-30H,12H2,1-2H3,(H,26,27)(H,28,31). The summed E-state index contributed by atoms with van der Waals surface area (Å²) in [6, 6.07) is 13.5. The van der Waals surface area contributed by atoms with E-state index >= 15 is 0 Å². The van der Waals surface area contributed by atoms with Crippen LogP contribution in [0.2, 0.25) is 5.02 Å². The van der Waals surface area contributed by atoms with Gasteiger partial charge in [0.15, 0.2) is 0 Å². The molecule has 1 aliphatic heterocycles. The zero-order valence-electron chi connectivity index (χ0n) is 17.1. The van der Waals surface area contributed by atoms with E-state index in [2.05, 4.69) is 20.6 Å². The summed E-state index contributed by atoms with van der Waals surface area (Å²) in [6.07, 6.45) is 3.53. The zero-order chi connectivity index (χ0) is 21.8. The number of nitrogens with zero attached hydrogens (tertiary/aromatic N) is 1. The van der Waals surface area contributed by atoms with Crippen molar-refractivity contribution in [3.63, 3.8) is 0 Å². The number of hydrogen-bond donors (Lipinski definition) is 4. The minimum Gasteiger partial charge on any atom is -0.392 e. The molecule has 4 N–H and O–H groups in total. The minimum atomic E-state index is -0.769. The molecule has 0 atom stereocenters. The molecule has 0 spiro atoms. The number of fused-ring (bicyclic) bond motifs is 3. The largest absolute Gasteiger partial charge is 0.392 e. The number of hydrogen-bond acceptors (Lipinski definition) is 4. The number of carbonyl (C=O) groups excluding carboxylic acids is 1. The Balaban J connectivity index is 1.77. The summed E-state index contributed by atoms with van der Waals surface area (Å²) >= 11 is 6.45. The van der Waals surface area contributed by atoms with Crippen molar-refractivity contribution in [2.24, 2.45) is 0 Å². The van der Waals surface area contributed by atoms with Crippen LogP contribution in [0.1, 0.15) is 19.4 Å². The normalized spacial score (nSPS) is 14.8. The monoisotopic (exact) mass is 432 g/mol. The van der Waals surface area contributed by atoms with Crippen molar-refractivity contribution in [1.82, 2.24) is 9.97 Å². The fraction of sp³-hybridized carbons (Fsp3) is 0.167. The third kappa shape index (κ3) is 3.07. The summed E-state index contributed by atoms with van der Waals surface area (Å²) in [4.78, 5) is 20.1. The van der Waals surface area contributed by atoms with Gasteiger partial charge in [0.2, 0.25) is 5.91 Å². The number of aliphatic hydroxyl groups excluding tert-OH is 1. The van der Waals surface area contributed by atoms with E-state index in [1.165, 1.54) is 0 Å². The maximum atomic E-state index is 12.4. The summed E-state index contributed by atoms with van der Waals surface area (Å²) in [7, 11) is 0. The Morgan fingerprint density at radius 2 is 1.74 bits per heavy atom. The second kappa shape index (κ2) is 7.11. The van der Waals surface area contributed by atoms with Gasteiger partial charge in [-0.3, -0.25) is 4.79 Å². The second-order valence-corrected chi connectivity index (χ2v) is 8.55. The van der Waals surface area contributed by atoms with Gasteiger partial charge in [0, 0.05) is 22.3 Å². The van der Waals surface area contributed by atoms with Crippen molar-refractivity contribution >= 4 is 39.9 Å². The van der Waals surface area contributed by atoms with Crippen molar-refractivity contribution in [1.29, 1.82) is 0 Å². The molecule has 4 aromatic rings. The van der Waals surface area contributed by atoms with Crippen LogP contribution in [0.25, 0.3) is 33.3 Å². The fourth-order valence-corrected chi connectivity index (χ4v) is 4.36. The first-order chi connectivity index (χ1) is 14.9. The van der Waals surface area contributed by atoms with Crippen LogP contribution in [0.3, 0.4) is 0 Å². The molecule has 7 heteroatoms. The summed E-state index contributed by atoms with van der Waals surface area (Å²) in [5.74, 6) is -0.116. The summed E-state index contributed by atoms with van der Waals surface area (Å²) in [5, 5.41) is 18.1. The van der Waals surface area contributed by atoms with Gasteiger partial charge < -0.3 is 20.7 Å². The average Bonchev–Trinajstić information content (AvgIpc) is 3.19. The van der Waals surface area contributed by atoms with E-state index in [1.54, 1.807) is 6.20 Å². The number of benzene rings is 2. The molecule has 3 heterocycles. The maximum absolute atomic E-state index is 12.4. The van der Waals surface area contributed by atoms with Crippen LogP contribution in [0.15, 0.2) is 54.9 Å². The molecule has 2 aromatic carbocycles.